The lowest BCUT2D eigenvalue weighted by atomic mass is 10.1. The molecular formula is C21H23N3O5. The van der Waals surface area contributed by atoms with Crippen LogP contribution in [0.2, 0.25) is 0 Å². The summed E-state index contributed by atoms with van der Waals surface area (Å²) in [6, 6.07) is 4.42. The number of unbranched alkanes of at least 4 members (excludes halogenated alkanes) is 2. The monoisotopic (exact) mass is 397 g/mol. The van der Waals surface area contributed by atoms with E-state index in [4.69, 9.17) is 5.11 Å². The number of nitrogens with one attached hydrogen (secondary N) is 3. The lowest BCUT2D eigenvalue weighted by Crippen LogP contribution is -2.25. The molecule has 1 aromatic rings. The molecule has 0 bridgehead atoms. The Morgan fingerprint density at radius 1 is 0.897 bits per heavy atom. The zero-order valence-corrected chi connectivity index (χ0v) is 15.9. The van der Waals surface area contributed by atoms with Crippen LogP contribution in [0, 0.1) is 0 Å². The Balaban J connectivity index is 2.86. The highest BCUT2D eigenvalue weighted by molar-refractivity contribution is 6.04. The normalized spacial score (nSPS) is 9.38. The highest BCUT2D eigenvalue weighted by Crippen LogP contribution is 2.20. The minimum Gasteiger partial charge on any atom is -0.481 e. The van der Waals surface area contributed by atoms with Gasteiger partial charge in [0.25, 0.3) is 17.7 Å². The van der Waals surface area contributed by atoms with E-state index in [0.29, 0.717) is 37.2 Å². The van der Waals surface area contributed by atoms with Gasteiger partial charge in [-0.15, -0.1) is 11.5 Å². The molecule has 0 fully saturated rings. The predicted octanol–water partition coefficient (Wildman–Crippen LogP) is 2.62. The molecule has 0 heterocycles. The van der Waals surface area contributed by atoms with Gasteiger partial charge in [-0.2, -0.15) is 0 Å². The molecule has 1 aromatic carbocycles. The summed E-state index contributed by atoms with van der Waals surface area (Å²) in [4.78, 5) is 46.4. The molecule has 0 aromatic heterocycles. The summed E-state index contributed by atoms with van der Waals surface area (Å²) in [5.74, 6) is -2.22. The van der Waals surface area contributed by atoms with Crippen LogP contribution in [0.3, 0.4) is 0 Å². The van der Waals surface area contributed by atoms with E-state index in [1.807, 2.05) is 0 Å². The zero-order chi connectivity index (χ0) is 21.6. The lowest BCUT2D eigenvalue weighted by Gasteiger charge is -2.11. The first-order valence-corrected chi connectivity index (χ1v) is 8.84. The first-order chi connectivity index (χ1) is 13.8. The molecule has 0 aliphatic carbocycles. The van der Waals surface area contributed by atoms with Gasteiger partial charge in [-0.3, -0.25) is 19.2 Å². The van der Waals surface area contributed by atoms with E-state index in [1.165, 1.54) is 18.2 Å². The van der Waals surface area contributed by atoms with Gasteiger partial charge in [-0.05, 0) is 31.0 Å². The van der Waals surface area contributed by atoms with Crippen molar-refractivity contribution >= 4 is 35.1 Å². The number of rotatable bonds is 11. The number of carboxylic acids is 1. The molecule has 4 N–H and O–H groups in total. The van der Waals surface area contributed by atoms with Crippen LogP contribution >= 0.6 is 0 Å². The van der Waals surface area contributed by atoms with Crippen LogP contribution in [0.5, 0.6) is 0 Å². The maximum Gasteiger partial charge on any atom is 0.303 e. The summed E-state index contributed by atoms with van der Waals surface area (Å²) in [5, 5.41) is 16.4. The average Bonchev–Trinajstić information content (AvgIpc) is 2.64. The van der Waals surface area contributed by atoms with Crippen molar-refractivity contribution in [2.24, 2.45) is 0 Å². The fourth-order valence-corrected chi connectivity index (χ4v) is 2.33. The van der Waals surface area contributed by atoms with Gasteiger partial charge in [-0.25, -0.2) is 0 Å². The summed E-state index contributed by atoms with van der Waals surface area (Å²) in [6.45, 7) is 7.01. The molecule has 0 atom stereocenters. The number of carbonyl (C=O) groups is 4. The van der Waals surface area contributed by atoms with E-state index in [0.717, 1.165) is 12.2 Å². The molecule has 3 amide bonds. The van der Waals surface area contributed by atoms with Gasteiger partial charge < -0.3 is 21.1 Å². The van der Waals surface area contributed by atoms with Gasteiger partial charge in [0, 0.05) is 42.1 Å². The number of carbonyl (C=O) groups excluding carboxylic acids is 3. The highest BCUT2D eigenvalue weighted by atomic mass is 16.4. The second kappa shape index (κ2) is 12.5. The molecule has 152 valence electrons. The van der Waals surface area contributed by atoms with Crippen LogP contribution in [0.15, 0.2) is 55.0 Å². The molecule has 29 heavy (non-hydrogen) atoms. The van der Waals surface area contributed by atoms with E-state index >= 15 is 0 Å². The van der Waals surface area contributed by atoms with Gasteiger partial charge in [0.1, 0.15) is 0 Å². The van der Waals surface area contributed by atoms with Crippen molar-refractivity contribution in [2.75, 3.05) is 17.2 Å². The third-order valence-corrected chi connectivity index (χ3v) is 3.55. The number of aliphatic carboxylic acids is 1. The molecule has 0 spiro atoms. The first-order valence-electron chi connectivity index (χ1n) is 8.84. The molecule has 0 unspecified atom stereocenters. The first kappa shape index (κ1) is 23.2. The Hall–Kier alpha value is -3.86. The highest BCUT2D eigenvalue weighted by Gasteiger charge is 2.11. The molecule has 0 saturated heterocycles. The van der Waals surface area contributed by atoms with E-state index < -0.39 is 23.7 Å². The third kappa shape index (κ3) is 9.58. The molecule has 0 aliphatic rings. The van der Waals surface area contributed by atoms with E-state index in [1.54, 1.807) is 0 Å². The van der Waals surface area contributed by atoms with Gasteiger partial charge in [0.05, 0.1) is 0 Å². The van der Waals surface area contributed by atoms with E-state index in [2.05, 4.69) is 40.6 Å². The quantitative estimate of drug-likeness (QED) is 0.260. The minimum absolute atomic E-state index is 0.0943. The fraction of sp³-hybridized carbons (Fsp3) is 0.238. The van der Waals surface area contributed by atoms with Crippen LogP contribution in [0.25, 0.3) is 0 Å². The van der Waals surface area contributed by atoms with E-state index in [9.17, 15) is 19.2 Å². The van der Waals surface area contributed by atoms with Crippen molar-refractivity contribution in [3.05, 3.63) is 60.5 Å². The van der Waals surface area contributed by atoms with Gasteiger partial charge in [0.2, 0.25) is 0 Å². The van der Waals surface area contributed by atoms with Gasteiger partial charge >= 0.3 is 5.97 Å². The number of benzene rings is 1. The molecule has 0 radical (unpaired) electrons. The van der Waals surface area contributed by atoms with Crippen molar-refractivity contribution in [2.45, 2.75) is 25.7 Å². The van der Waals surface area contributed by atoms with Gasteiger partial charge in [-0.1, -0.05) is 19.6 Å². The van der Waals surface area contributed by atoms with Crippen LogP contribution in [0.4, 0.5) is 11.4 Å². The molecule has 0 saturated carbocycles. The summed E-state index contributed by atoms with van der Waals surface area (Å²) in [7, 11) is 0. The van der Waals surface area contributed by atoms with Crippen molar-refractivity contribution in [1.29, 1.82) is 0 Å². The molecule has 1 rings (SSSR count). The predicted molar refractivity (Wildman–Crippen MR) is 110 cm³/mol. The number of amides is 3. The summed E-state index contributed by atoms with van der Waals surface area (Å²) in [6.07, 6.45) is 4.14. The zero-order valence-electron chi connectivity index (χ0n) is 15.9. The maximum absolute atomic E-state index is 12.4. The summed E-state index contributed by atoms with van der Waals surface area (Å²) < 4.78 is 0. The van der Waals surface area contributed by atoms with Gasteiger partial charge in [0.15, 0.2) is 0 Å². The molecule has 8 nitrogen and oxygen atoms in total. The Bertz CT molecular complexity index is 828. The van der Waals surface area contributed by atoms with Crippen molar-refractivity contribution in [3.8, 4) is 0 Å². The molecule has 8 heteroatoms. The Morgan fingerprint density at radius 2 is 1.45 bits per heavy atom. The third-order valence-electron chi connectivity index (χ3n) is 3.55. The number of hydrogen-bond donors (Lipinski definition) is 4. The van der Waals surface area contributed by atoms with Crippen LogP contribution in [-0.4, -0.2) is 35.3 Å². The average molecular weight is 397 g/mol. The second-order valence-corrected chi connectivity index (χ2v) is 5.93. The SMILES string of the molecule is C=C=CC(=O)Nc1cc(NC(=O)C=C=C)cc(C(=O)NCCCCCC(=O)O)c1. The Kier molecular flexibility index (Phi) is 10.0. The minimum atomic E-state index is -0.847. The number of carboxylic acid groups (broad SMARTS) is 1. The van der Waals surface area contributed by atoms with Crippen molar-refractivity contribution < 1.29 is 24.3 Å². The van der Waals surface area contributed by atoms with Crippen LogP contribution < -0.4 is 16.0 Å². The number of anilines is 2. The van der Waals surface area contributed by atoms with Crippen molar-refractivity contribution in [1.82, 2.24) is 5.32 Å². The summed E-state index contributed by atoms with van der Waals surface area (Å²) >= 11 is 0. The summed E-state index contributed by atoms with van der Waals surface area (Å²) in [5.41, 5.74) is 5.52. The van der Waals surface area contributed by atoms with Crippen LogP contribution in [-0.2, 0) is 14.4 Å². The van der Waals surface area contributed by atoms with Crippen LogP contribution in [0.1, 0.15) is 36.0 Å². The Morgan fingerprint density at radius 3 is 1.93 bits per heavy atom. The smallest absolute Gasteiger partial charge is 0.303 e. The topological polar surface area (TPSA) is 125 Å². The Labute approximate surface area is 168 Å². The van der Waals surface area contributed by atoms with E-state index in [-0.39, 0.29) is 12.0 Å². The largest absolute Gasteiger partial charge is 0.481 e. The lowest BCUT2D eigenvalue weighted by molar-refractivity contribution is -0.137. The number of hydrogen-bond acceptors (Lipinski definition) is 4. The molecule has 0 aliphatic heterocycles. The molecular weight excluding hydrogens is 374 g/mol. The fourth-order valence-electron chi connectivity index (χ4n) is 2.33. The standard InChI is InChI=1S/C21H23N3O5/c1-3-8-18(25)23-16-12-15(13-17(14-16)24-19(26)9-4-2)21(29)22-11-7-5-6-10-20(27)28/h8-9,12-14H,1-2,5-7,10-11H2,(H,22,29)(H,23,25)(H,24,26)(H,27,28). The second-order valence-electron chi connectivity index (χ2n) is 5.93. The van der Waals surface area contributed by atoms with Crippen molar-refractivity contribution in [3.63, 3.8) is 0 Å². The maximum atomic E-state index is 12.4.